The van der Waals surface area contributed by atoms with E-state index in [9.17, 15) is 4.79 Å². The Balaban J connectivity index is 1.61. The molecular formula is C18H25N5O2. The third-order valence-electron chi connectivity index (χ3n) is 4.36. The first kappa shape index (κ1) is 17.4. The van der Waals surface area contributed by atoms with Gasteiger partial charge in [-0.25, -0.2) is 4.98 Å². The fourth-order valence-corrected chi connectivity index (χ4v) is 3.05. The van der Waals surface area contributed by atoms with E-state index >= 15 is 0 Å². The van der Waals surface area contributed by atoms with Gasteiger partial charge in [-0.3, -0.25) is 14.9 Å². The molecule has 0 radical (unpaired) electrons. The average molecular weight is 343 g/mol. The lowest BCUT2D eigenvalue weighted by Gasteiger charge is -2.30. The summed E-state index contributed by atoms with van der Waals surface area (Å²) in [6.45, 7) is 7.36. The zero-order valence-electron chi connectivity index (χ0n) is 15.0. The Morgan fingerprint density at radius 2 is 2.12 bits per heavy atom. The van der Waals surface area contributed by atoms with Crippen LogP contribution in [0.15, 0.2) is 18.5 Å². The number of likely N-dealkylation sites (tertiary alicyclic amines) is 1. The average Bonchev–Trinajstić information content (AvgIpc) is 3.10. The van der Waals surface area contributed by atoms with Gasteiger partial charge in [-0.2, -0.15) is 5.10 Å². The SMILES string of the molecule is CCc1nc(C2CCN(C(=O)c3cncc(OC(C)C)c3)CC2)n[nH]1. The summed E-state index contributed by atoms with van der Waals surface area (Å²) in [6, 6.07) is 1.77. The lowest BCUT2D eigenvalue weighted by atomic mass is 9.96. The third-order valence-corrected chi connectivity index (χ3v) is 4.36. The lowest BCUT2D eigenvalue weighted by molar-refractivity contribution is 0.0710. The minimum Gasteiger partial charge on any atom is -0.489 e. The van der Waals surface area contributed by atoms with Crippen molar-refractivity contribution in [1.29, 1.82) is 0 Å². The number of aromatic amines is 1. The zero-order valence-corrected chi connectivity index (χ0v) is 15.0. The summed E-state index contributed by atoms with van der Waals surface area (Å²) in [5.41, 5.74) is 0.572. The Hall–Kier alpha value is -2.44. The van der Waals surface area contributed by atoms with Crippen LogP contribution in [0.4, 0.5) is 0 Å². The van der Waals surface area contributed by atoms with Crippen molar-refractivity contribution in [3.63, 3.8) is 0 Å². The van der Waals surface area contributed by atoms with E-state index < -0.39 is 0 Å². The van der Waals surface area contributed by atoms with Gasteiger partial charge < -0.3 is 9.64 Å². The number of hydrogen-bond donors (Lipinski definition) is 1. The summed E-state index contributed by atoms with van der Waals surface area (Å²) < 4.78 is 5.63. The number of rotatable bonds is 5. The summed E-state index contributed by atoms with van der Waals surface area (Å²) in [5.74, 6) is 2.74. The van der Waals surface area contributed by atoms with Gasteiger partial charge in [-0.05, 0) is 32.8 Å². The molecular weight excluding hydrogens is 318 g/mol. The molecule has 0 aliphatic carbocycles. The van der Waals surface area contributed by atoms with Gasteiger partial charge in [0.1, 0.15) is 11.6 Å². The molecule has 0 unspecified atom stereocenters. The molecule has 1 amide bonds. The largest absolute Gasteiger partial charge is 0.489 e. The van der Waals surface area contributed by atoms with Crippen LogP contribution in [0.2, 0.25) is 0 Å². The number of pyridine rings is 1. The van der Waals surface area contributed by atoms with Gasteiger partial charge in [0.25, 0.3) is 5.91 Å². The molecule has 1 saturated heterocycles. The number of carbonyl (C=O) groups excluding carboxylic acids is 1. The lowest BCUT2D eigenvalue weighted by Crippen LogP contribution is -2.38. The van der Waals surface area contributed by atoms with Gasteiger partial charge in [0, 0.05) is 31.6 Å². The van der Waals surface area contributed by atoms with Crippen LogP contribution >= 0.6 is 0 Å². The van der Waals surface area contributed by atoms with E-state index in [-0.39, 0.29) is 12.0 Å². The molecule has 0 spiro atoms. The van der Waals surface area contributed by atoms with E-state index in [4.69, 9.17) is 4.74 Å². The van der Waals surface area contributed by atoms with Crippen LogP contribution in [-0.4, -0.2) is 50.2 Å². The summed E-state index contributed by atoms with van der Waals surface area (Å²) in [6.07, 6.45) is 5.90. The summed E-state index contributed by atoms with van der Waals surface area (Å²) in [4.78, 5) is 23.3. The zero-order chi connectivity index (χ0) is 17.8. The van der Waals surface area contributed by atoms with Gasteiger partial charge in [0.05, 0.1) is 17.9 Å². The van der Waals surface area contributed by atoms with Crippen LogP contribution in [-0.2, 0) is 6.42 Å². The Kier molecular flexibility index (Phi) is 5.31. The van der Waals surface area contributed by atoms with Gasteiger partial charge in [-0.15, -0.1) is 0 Å². The first-order valence-electron chi connectivity index (χ1n) is 8.89. The molecule has 2 aromatic rings. The minimum atomic E-state index is 0.00407. The molecule has 7 nitrogen and oxygen atoms in total. The smallest absolute Gasteiger partial charge is 0.255 e. The third kappa shape index (κ3) is 4.15. The Bertz CT molecular complexity index is 720. The highest BCUT2D eigenvalue weighted by Crippen LogP contribution is 2.26. The van der Waals surface area contributed by atoms with Crippen LogP contribution in [0, 0.1) is 0 Å². The highest BCUT2D eigenvalue weighted by atomic mass is 16.5. The second-order valence-electron chi connectivity index (χ2n) is 6.64. The van der Waals surface area contributed by atoms with Crippen molar-refractivity contribution in [3.05, 3.63) is 35.7 Å². The van der Waals surface area contributed by atoms with E-state index in [0.717, 1.165) is 30.9 Å². The number of nitrogens with one attached hydrogen (secondary N) is 1. The van der Waals surface area contributed by atoms with Crippen molar-refractivity contribution >= 4 is 5.91 Å². The van der Waals surface area contributed by atoms with Gasteiger partial charge >= 0.3 is 0 Å². The van der Waals surface area contributed by atoms with Crippen molar-refractivity contribution < 1.29 is 9.53 Å². The number of carbonyl (C=O) groups is 1. The van der Waals surface area contributed by atoms with Crippen LogP contribution < -0.4 is 4.74 Å². The van der Waals surface area contributed by atoms with Gasteiger partial charge in [-0.1, -0.05) is 6.92 Å². The normalized spacial score (nSPS) is 15.6. The molecule has 0 aromatic carbocycles. The van der Waals surface area contributed by atoms with Crippen molar-refractivity contribution in [2.75, 3.05) is 13.1 Å². The van der Waals surface area contributed by atoms with Crippen molar-refractivity contribution in [3.8, 4) is 5.75 Å². The predicted molar refractivity (Wildman–Crippen MR) is 93.6 cm³/mol. The predicted octanol–water partition coefficient (Wildman–Crippen LogP) is 2.57. The van der Waals surface area contributed by atoms with Crippen LogP contribution in [0.25, 0.3) is 0 Å². The number of ether oxygens (including phenoxy) is 1. The van der Waals surface area contributed by atoms with Gasteiger partial charge in [0.15, 0.2) is 5.82 Å². The van der Waals surface area contributed by atoms with Crippen LogP contribution in [0.5, 0.6) is 5.75 Å². The van der Waals surface area contributed by atoms with E-state index in [1.54, 1.807) is 18.5 Å². The molecule has 1 aliphatic heterocycles. The number of hydrogen-bond acceptors (Lipinski definition) is 5. The van der Waals surface area contributed by atoms with Crippen LogP contribution in [0.1, 0.15) is 61.5 Å². The Morgan fingerprint density at radius 1 is 1.36 bits per heavy atom. The fourth-order valence-electron chi connectivity index (χ4n) is 3.05. The number of amides is 1. The molecule has 1 N–H and O–H groups in total. The molecule has 2 aromatic heterocycles. The maximum Gasteiger partial charge on any atom is 0.255 e. The summed E-state index contributed by atoms with van der Waals surface area (Å²) in [7, 11) is 0. The molecule has 7 heteroatoms. The minimum absolute atomic E-state index is 0.00407. The van der Waals surface area contributed by atoms with E-state index in [2.05, 4.69) is 27.1 Å². The fraction of sp³-hybridized carbons (Fsp3) is 0.556. The highest BCUT2D eigenvalue weighted by molar-refractivity contribution is 5.94. The number of H-pyrrole nitrogens is 1. The summed E-state index contributed by atoms with van der Waals surface area (Å²) >= 11 is 0. The molecule has 1 aliphatic rings. The molecule has 3 heterocycles. The number of aromatic nitrogens is 4. The quantitative estimate of drug-likeness (QED) is 0.902. The molecule has 134 valence electrons. The first-order valence-corrected chi connectivity index (χ1v) is 8.89. The molecule has 0 atom stereocenters. The highest BCUT2D eigenvalue weighted by Gasteiger charge is 2.27. The number of aryl methyl sites for hydroxylation is 1. The number of nitrogens with zero attached hydrogens (tertiary/aromatic N) is 4. The molecule has 25 heavy (non-hydrogen) atoms. The van der Waals surface area contributed by atoms with E-state index in [1.807, 2.05) is 18.7 Å². The monoisotopic (exact) mass is 343 g/mol. The van der Waals surface area contributed by atoms with E-state index in [1.165, 1.54) is 0 Å². The number of piperidine rings is 1. The molecule has 1 fully saturated rings. The van der Waals surface area contributed by atoms with Crippen molar-refractivity contribution in [2.24, 2.45) is 0 Å². The van der Waals surface area contributed by atoms with Crippen LogP contribution in [0.3, 0.4) is 0 Å². The first-order chi connectivity index (χ1) is 12.1. The van der Waals surface area contributed by atoms with Crippen molar-refractivity contribution in [1.82, 2.24) is 25.1 Å². The molecule has 0 saturated carbocycles. The Labute approximate surface area is 147 Å². The van der Waals surface area contributed by atoms with E-state index in [0.29, 0.717) is 30.3 Å². The Morgan fingerprint density at radius 3 is 2.76 bits per heavy atom. The maximum absolute atomic E-state index is 12.7. The summed E-state index contributed by atoms with van der Waals surface area (Å²) in [5, 5.41) is 7.28. The molecule has 3 rings (SSSR count). The maximum atomic E-state index is 12.7. The van der Waals surface area contributed by atoms with Gasteiger partial charge in [0.2, 0.25) is 0 Å². The molecule has 0 bridgehead atoms. The second-order valence-corrected chi connectivity index (χ2v) is 6.64. The standard InChI is InChI=1S/C18H25N5O2/c1-4-16-20-17(22-21-16)13-5-7-23(8-6-13)18(24)14-9-15(11-19-10-14)25-12(2)3/h9-13H,4-8H2,1-3H3,(H,20,21,22). The second kappa shape index (κ2) is 7.63. The topological polar surface area (TPSA) is 84.0 Å². The van der Waals surface area contributed by atoms with Crippen molar-refractivity contribution in [2.45, 2.75) is 52.1 Å².